The van der Waals surface area contributed by atoms with Gasteiger partial charge in [-0.05, 0) is 50.8 Å². The van der Waals surface area contributed by atoms with E-state index in [0.29, 0.717) is 5.78 Å². The largest absolute Gasteiger partial charge is 0.326 e. The lowest BCUT2D eigenvalue weighted by Crippen LogP contribution is -2.40. The highest BCUT2D eigenvalue weighted by Gasteiger charge is 2.41. The molecule has 0 aliphatic heterocycles. The van der Waals surface area contributed by atoms with Gasteiger partial charge >= 0.3 is 0 Å². The molecule has 1 heterocycles. The second-order valence-electron chi connectivity index (χ2n) is 6.80. The topological polar surface area (TPSA) is 59.1 Å². The van der Waals surface area contributed by atoms with Crippen molar-refractivity contribution < 1.29 is 9.59 Å². The van der Waals surface area contributed by atoms with Crippen LogP contribution in [0.25, 0.3) is 10.2 Å². The molecule has 2 fully saturated rings. The van der Waals surface area contributed by atoms with Crippen molar-refractivity contribution in [3.8, 4) is 0 Å². The third-order valence-electron chi connectivity index (χ3n) is 5.18. The van der Waals surface area contributed by atoms with E-state index in [9.17, 15) is 9.59 Å². The number of hydrogen-bond acceptors (Lipinski definition) is 4. The van der Waals surface area contributed by atoms with Crippen LogP contribution in [0.4, 0.5) is 5.69 Å². The average molecular weight is 328 g/mol. The molecule has 1 N–H and O–H groups in total. The number of ketones is 1. The Morgan fingerprint density at radius 1 is 1.26 bits per heavy atom. The minimum atomic E-state index is -0.0260. The van der Waals surface area contributed by atoms with Gasteiger partial charge in [-0.15, -0.1) is 11.3 Å². The fourth-order valence-electron chi connectivity index (χ4n) is 4.06. The summed E-state index contributed by atoms with van der Waals surface area (Å²) in [7, 11) is 0. The molecule has 3 atom stereocenters. The first kappa shape index (κ1) is 14.8. The minimum Gasteiger partial charge on any atom is -0.326 e. The van der Waals surface area contributed by atoms with Gasteiger partial charge in [0.25, 0.3) is 0 Å². The second-order valence-corrected chi connectivity index (χ2v) is 8.03. The van der Waals surface area contributed by atoms with Crippen molar-refractivity contribution in [3.63, 3.8) is 0 Å². The summed E-state index contributed by atoms with van der Waals surface area (Å²) < 4.78 is 1.09. The van der Waals surface area contributed by atoms with Gasteiger partial charge in [0, 0.05) is 23.4 Å². The zero-order chi connectivity index (χ0) is 16.0. The van der Waals surface area contributed by atoms with Crippen LogP contribution in [0.1, 0.15) is 37.1 Å². The van der Waals surface area contributed by atoms with Gasteiger partial charge in [-0.25, -0.2) is 4.98 Å². The monoisotopic (exact) mass is 328 g/mol. The molecule has 1 amide bonds. The molecule has 1 unspecified atom stereocenters. The normalized spacial score (nSPS) is 27.2. The molecule has 4 nitrogen and oxygen atoms in total. The van der Waals surface area contributed by atoms with Gasteiger partial charge in [0.15, 0.2) is 0 Å². The molecule has 0 saturated heterocycles. The Hall–Kier alpha value is -1.75. The van der Waals surface area contributed by atoms with E-state index in [2.05, 4.69) is 10.3 Å². The number of rotatable bonds is 2. The van der Waals surface area contributed by atoms with E-state index in [4.69, 9.17) is 0 Å². The molecule has 0 radical (unpaired) electrons. The van der Waals surface area contributed by atoms with Crippen molar-refractivity contribution in [2.75, 3.05) is 5.32 Å². The predicted octanol–water partition coefficient (Wildman–Crippen LogP) is 3.94. The summed E-state index contributed by atoms with van der Waals surface area (Å²) in [5.74, 6) is 0.675. The van der Waals surface area contributed by atoms with Crippen molar-refractivity contribution >= 4 is 38.9 Å². The summed E-state index contributed by atoms with van der Waals surface area (Å²) in [5.41, 5.74) is 1.80. The van der Waals surface area contributed by atoms with Crippen LogP contribution in [0.5, 0.6) is 0 Å². The van der Waals surface area contributed by atoms with Gasteiger partial charge < -0.3 is 5.32 Å². The minimum absolute atomic E-state index is 0.0260. The number of nitrogens with one attached hydrogen (secondary N) is 1. The SMILES string of the molecule is Cc1nc2ccc(NC(=O)C3C[C@H]4CCC[C@@H](C3)C4=O)cc2s1. The zero-order valence-corrected chi connectivity index (χ0v) is 14.0. The molecular weight excluding hydrogens is 308 g/mol. The Morgan fingerprint density at radius 3 is 2.74 bits per heavy atom. The fraction of sp³-hybridized carbons (Fsp3) is 0.500. The number of carbonyl (C=O) groups excluding carboxylic acids is 2. The number of aryl methyl sites for hydroxylation is 1. The van der Waals surface area contributed by atoms with Gasteiger partial charge in [-0.1, -0.05) is 6.42 Å². The Bertz CT molecular complexity index is 766. The highest BCUT2D eigenvalue weighted by molar-refractivity contribution is 7.18. The highest BCUT2D eigenvalue weighted by Crippen LogP contribution is 2.40. The van der Waals surface area contributed by atoms with Crippen molar-refractivity contribution in [2.24, 2.45) is 17.8 Å². The molecular formula is C18H20N2O2S. The Balaban J connectivity index is 1.49. The summed E-state index contributed by atoms with van der Waals surface area (Å²) in [6.07, 6.45) is 4.51. The van der Waals surface area contributed by atoms with E-state index in [1.165, 1.54) is 0 Å². The number of carbonyl (C=O) groups is 2. The fourth-order valence-corrected chi connectivity index (χ4v) is 4.92. The quantitative estimate of drug-likeness (QED) is 0.908. The number of aromatic nitrogens is 1. The van der Waals surface area contributed by atoms with Crippen LogP contribution in [-0.4, -0.2) is 16.7 Å². The highest BCUT2D eigenvalue weighted by atomic mass is 32.1. The summed E-state index contributed by atoms with van der Waals surface area (Å²) in [6.45, 7) is 1.99. The predicted molar refractivity (Wildman–Crippen MR) is 91.5 cm³/mol. The Labute approximate surface area is 139 Å². The molecule has 1 aromatic carbocycles. The maximum atomic E-state index is 12.6. The first-order valence-electron chi connectivity index (χ1n) is 8.32. The van der Waals surface area contributed by atoms with E-state index in [0.717, 1.165) is 53.0 Å². The third-order valence-corrected chi connectivity index (χ3v) is 6.12. The summed E-state index contributed by atoms with van der Waals surface area (Å²) in [4.78, 5) is 29.2. The first-order valence-corrected chi connectivity index (χ1v) is 9.13. The molecule has 0 spiro atoms. The number of anilines is 1. The maximum absolute atomic E-state index is 12.6. The van der Waals surface area contributed by atoms with Crippen LogP contribution in [0.3, 0.4) is 0 Å². The Kier molecular flexibility index (Phi) is 3.68. The lowest BCUT2D eigenvalue weighted by atomic mass is 9.67. The van der Waals surface area contributed by atoms with E-state index in [1.807, 2.05) is 25.1 Å². The first-order chi connectivity index (χ1) is 11.1. The van der Waals surface area contributed by atoms with Crippen molar-refractivity contribution in [1.29, 1.82) is 0 Å². The number of nitrogens with zero attached hydrogens (tertiary/aromatic N) is 1. The third kappa shape index (κ3) is 2.78. The molecule has 2 saturated carbocycles. The number of hydrogen-bond donors (Lipinski definition) is 1. The number of amides is 1. The van der Waals surface area contributed by atoms with E-state index >= 15 is 0 Å². The molecule has 2 aromatic rings. The molecule has 5 heteroatoms. The Morgan fingerprint density at radius 2 is 2.00 bits per heavy atom. The van der Waals surface area contributed by atoms with Gasteiger partial charge in [0.2, 0.25) is 5.91 Å². The van der Waals surface area contributed by atoms with Gasteiger partial charge in [0.05, 0.1) is 15.2 Å². The van der Waals surface area contributed by atoms with Gasteiger partial charge in [0.1, 0.15) is 5.78 Å². The van der Waals surface area contributed by atoms with Crippen LogP contribution < -0.4 is 5.32 Å². The van der Waals surface area contributed by atoms with Crippen LogP contribution in [0.15, 0.2) is 18.2 Å². The molecule has 2 aliphatic rings. The van der Waals surface area contributed by atoms with Crippen molar-refractivity contribution in [1.82, 2.24) is 4.98 Å². The van der Waals surface area contributed by atoms with Gasteiger partial charge in [-0.2, -0.15) is 0 Å². The molecule has 23 heavy (non-hydrogen) atoms. The molecule has 2 bridgehead atoms. The van der Waals surface area contributed by atoms with Crippen molar-refractivity contribution in [3.05, 3.63) is 23.2 Å². The van der Waals surface area contributed by atoms with Gasteiger partial charge in [-0.3, -0.25) is 9.59 Å². The van der Waals surface area contributed by atoms with E-state index in [-0.39, 0.29) is 23.7 Å². The number of benzene rings is 1. The van der Waals surface area contributed by atoms with Crippen LogP contribution in [0, 0.1) is 24.7 Å². The lowest BCUT2D eigenvalue weighted by molar-refractivity contribution is -0.136. The zero-order valence-electron chi connectivity index (χ0n) is 13.2. The smallest absolute Gasteiger partial charge is 0.227 e. The molecule has 120 valence electrons. The number of Topliss-reactive ketones (excluding diaryl/α,β-unsaturated/α-hetero) is 1. The number of thiazole rings is 1. The molecule has 4 rings (SSSR count). The van der Waals surface area contributed by atoms with Crippen LogP contribution >= 0.6 is 11.3 Å². The van der Waals surface area contributed by atoms with Crippen molar-refractivity contribution in [2.45, 2.75) is 39.0 Å². The summed E-state index contributed by atoms with van der Waals surface area (Å²) in [6, 6.07) is 5.86. The lowest BCUT2D eigenvalue weighted by Gasteiger charge is -2.36. The average Bonchev–Trinajstić information content (AvgIpc) is 2.86. The number of fused-ring (bicyclic) bond motifs is 3. The van der Waals surface area contributed by atoms with E-state index < -0.39 is 0 Å². The molecule has 2 aliphatic carbocycles. The van der Waals surface area contributed by atoms with E-state index in [1.54, 1.807) is 11.3 Å². The summed E-state index contributed by atoms with van der Waals surface area (Å²) in [5, 5.41) is 4.08. The standard InChI is InChI=1S/C18H20N2O2S/c1-10-19-15-6-5-14(9-16(15)23-10)20-18(22)13-7-11-3-2-4-12(8-13)17(11)21/h5-6,9,11-13H,2-4,7-8H2,1H3,(H,20,22)/t11-,12+,13?. The van der Waals surface area contributed by atoms with Crippen LogP contribution in [0.2, 0.25) is 0 Å². The molecule has 1 aromatic heterocycles. The summed E-state index contributed by atoms with van der Waals surface area (Å²) >= 11 is 1.64. The second kappa shape index (κ2) is 5.71. The maximum Gasteiger partial charge on any atom is 0.227 e. The van der Waals surface area contributed by atoms with Crippen LogP contribution in [-0.2, 0) is 9.59 Å².